The van der Waals surface area contributed by atoms with Gasteiger partial charge >= 0.3 is 0 Å². The van der Waals surface area contributed by atoms with Crippen molar-refractivity contribution in [1.82, 2.24) is 15.3 Å². The molecule has 21 heavy (non-hydrogen) atoms. The van der Waals surface area contributed by atoms with Crippen molar-refractivity contribution in [1.29, 1.82) is 0 Å². The summed E-state index contributed by atoms with van der Waals surface area (Å²) in [6.07, 6.45) is 11.9. The maximum Gasteiger partial charge on any atom is 0.244 e. The number of amides is 1. The van der Waals surface area contributed by atoms with E-state index in [0.29, 0.717) is 12.0 Å². The van der Waals surface area contributed by atoms with E-state index in [0.717, 1.165) is 17.4 Å². The van der Waals surface area contributed by atoms with Crippen molar-refractivity contribution in [2.24, 2.45) is 11.8 Å². The van der Waals surface area contributed by atoms with E-state index in [-0.39, 0.29) is 5.91 Å². The number of nitrogens with zero attached hydrogens (tertiary/aromatic N) is 3. The number of rotatable bonds is 6. The van der Waals surface area contributed by atoms with Gasteiger partial charge in [0.1, 0.15) is 0 Å². The molecule has 0 unspecified atom stereocenters. The van der Waals surface area contributed by atoms with Gasteiger partial charge in [-0.1, -0.05) is 0 Å². The summed E-state index contributed by atoms with van der Waals surface area (Å²) < 4.78 is 0. The first-order chi connectivity index (χ1) is 10.1. The van der Waals surface area contributed by atoms with Crippen molar-refractivity contribution in [2.45, 2.75) is 31.7 Å². The van der Waals surface area contributed by atoms with Gasteiger partial charge in [0, 0.05) is 44.2 Å². The fraction of sp³-hybridized carbons (Fsp3) is 0.562. The number of anilines is 1. The fourth-order valence-corrected chi connectivity index (χ4v) is 2.56. The smallest absolute Gasteiger partial charge is 0.244 e. The Labute approximate surface area is 125 Å². The zero-order valence-electron chi connectivity index (χ0n) is 12.6. The molecule has 1 amide bonds. The van der Waals surface area contributed by atoms with E-state index >= 15 is 0 Å². The average molecular weight is 286 g/mol. The van der Waals surface area contributed by atoms with Crippen LogP contribution in [0.15, 0.2) is 18.5 Å². The molecule has 1 heterocycles. The Balaban J connectivity index is 1.55. The van der Waals surface area contributed by atoms with Gasteiger partial charge in [0.2, 0.25) is 11.9 Å². The van der Waals surface area contributed by atoms with Crippen LogP contribution in [0.3, 0.4) is 0 Å². The van der Waals surface area contributed by atoms with Crippen molar-refractivity contribution >= 4 is 17.9 Å². The summed E-state index contributed by atoms with van der Waals surface area (Å²) in [6, 6.07) is 0.398. The third-order valence-corrected chi connectivity index (χ3v) is 4.05. The summed E-state index contributed by atoms with van der Waals surface area (Å²) >= 11 is 0. The molecule has 0 aromatic carbocycles. The van der Waals surface area contributed by atoms with Crippen LogP contribution in [0.4, 0.5) is 5.95 Å². The number of nitrogens with one attached hydrogen (secondary N) is 1. The summed E-state index contributed by atoms with van der Waals surface area (Å²) in [5.74, 6) is 2.10. The van der Waals surface area contributed by atoms with E-state index in [2.05, 4.69) is 15.3 Å². The molecular weight excluding hydrogens is 264 g/mol. The van der Waals surface area contributed by atoms with Crippen LogP contribution in [0.25, 0.3) is 6.08 Å². The molecule has 2 fully saturated rings. The Morgan fingerprint density at radius 3 is 2.29 bits per heavy atom. The molecule has 0 bridgehead atoms. The highest BCUT2D eigenvalue weighted by Crippen LogP contribution is 2.44. The molecule has 5 heteroatoms. The van der Waals surface area contributed by atoms with Crippen molar-refractivity contribution in [3.05, 3.63) is 24.0 Å². The SMILES string of the molecule is CN(C)c1ncc(C=CC(=O)NC(C2CC2)C2CC2)cn1. The van der Waals surface area contributed by atoms with Crippen molar-refractivity contribution < 1.29 is 4.79 Å². The van der Waals surface area contributed by atoms with Gasteiger partial charge in [0.15, 0.2) is 0 Å². The van der Waals surface area contributed by atoms with Crippen LogP contribution < -0.4 is 10.2 Å². The van der Waals surface area contributed by atoms with Gasteiger partial charge in [-0.25, -0.2) is 9.97 Å². The predicted molar refractivity (Wildman–Crippen MR) is 82.8 cm³/mol. The molecule has 112 valence electrons. The summed E-state index contributed by atoms with van der Waals surface area (Å²) in [5, 5.41) is 3.17. The lowest BCUT2D eigenvalue weighted by Crippen LogP contribution is -2.37. The maximum absolute atomic E-state index is 12.0. The molecule has 0 atom stereocenters. The predicted octanol–water partition coefficient (Wildman–Crippen LogP) is 1.86. The van der Waals surface area contributed by atoms with E-state index in [1.807, 2.05) is 19.0 Å². The van der Waals surface area contributed by atoms with Crippen molar-refractivity contribution in [2.75, 3.05) is 19.0 Å². The molecule has 0 radical (unpaired) electrons. The van der Waals surface area contributed by atoms with Gasteiger partial charge in [-0.15, -0.1) is 0 Å². The summed E-state index contributed by atoms with van der Waals surface area (Å²) in [7, 11) is 3.79. The first-order valence-corrected chi connectivity index (χ1v) is 7.61. The van der Waals surface area contributed by atoms with E-state index in [4.69, 9.17) is 0 Å². The van der Waals surface area contributed by atoms with Crippen molar-refractivity contribution in [3.63, 3.8) is 0 Å². The van der Waals surface area contributed by atoms with E-state index in [1.165, 1.54) is 25.7 Å². The third-order valence-electron chi connectivity index (χ3n) is 4.05. The van der Waals surface area contributed by atoms with E-state index in [1.54, 1.807) is 24.5 Å². The second kappa shape index (κ2) is 5.84. The van der Waals surface area contributed by atoms with Crippen LogP contribution in [-0.4, -0.2) is 36.0 Å². The van der Waals surface area contributed by atoms with Crippen LogP contribution in [0.2, 0.25) is 0 Å². The van der Waals surface area contributed by atoms with Crippen molar-refractivity contribution in [3.8, 4) is 0 Å². The summed E-state index contributed by atoms with van der Waals surface area (Å²) in [5.41, 5.74) is 0.838. The molecule has 0 spiro atoms. The second-order valence-corrected chi connectivity index (χ2v) is 6.25. The zero-order valence-corrected chi connectivity index (χ0v) is 12.6. The highest BCUT2D eigenvalue weighted by molar-refractivity contribution is 5.91. The second-order valence-electron chi connectivity index (χ2n) is 6.25. The highest BCUT2D eigenvalue weighted by Gasteiger charge is 2.41. The fourth-order valence-electron chi connectivity index (χ4n) is 2.56. The van der Waals surface area contributed by atoms with Gasteiger partial charge in [-0.2, -0.15) is 0 Å². The molecule has 1 aromatic heterocycles. The molecule has 0 aliphatic heterocycles. The van der Waals surface area contributed by atoms with E-state index in [9.17, 15) is 4.79 Å². The Bertz CT molecular complexity index is 518. The number of carbonyl (C=O) groups is 1. The quantitative estimate of drug-likeness (QED) is 0.811. The summed E-state index contributed by atoms with van der Waals surface area (Å²) in [6.45, 7) is 0. The van der Waals surface area contributed by atoms with Crippen LogP contribution >= 0.6 is 0 Å². The minimum Gasteiger partial charge on any atom is -0.349 e. The van der Waals surface area contributed by atoms with Crippen LogP contribution in [0.5, 0.6) is 0 Å². The first-order valence-electron chi connectivity index (χ1n) is 7.61. The van der Waals surface area contributed by atoms with Gasteiger partial charge in [-0.05, 0) is 43.6 Å². The molecule has 2 aliphatic carbocycles. The third kappa shape index (κ3) is 3.80. The molecule has 2 aliphatic rings. The minimum absolute atomic E-state index is 0.00418. The first kappa shape index (κ1) is 14.0. The number of hydrogen-bond acceptors (Lipinski definition) is 4. The van der Waals surface area contributed by atoms with Gasteiger partial charge < -0.3 is 10.2 Å². The Morgan fingerprint density at radius 2 is 1.81 bits per heavy atom. The highest BCUT2D eigenvalue weighted by atomic mass is 16.1. The molecule has 1 aromatic rings. The lowest BCUT2D eigenvalue weighted by Gasteiger charge is -2.16. The number of hydrogen-bond donors (Lipinski definition) is 1. The number of carbonyl (C=O) groups excluding carboxylic acids is 1. The molecule has 0 saturated heterocycles. The average Bonchev–Trinajstić information content (AvgIpc) is 3.36. The lowest BCUT2D eigenvalue weighted by molar-refractivity contribution is -0.117. The topological polar surface area (TPSA) is 58.1 Å². The Kier molecular flexibility index (Phi) is 3.90. The Hall–Kier alpha value is -1.91. The number of aromatic nitrogens is 2. The monoisotopic (exact) mass is 286 g/mol. The van der Waals surface area contributed by atoms with Gasteiger partial charge in [0.05, 0.1) is 0 Å². The van der Waals surface area contributed by atoms with Crippen LogP contribution in [0.1, 0.15) is 31.2 Å². The van der Waals surface area contributed by atoms with Gasteiger partial charge in [0.25, 0.3) is 0 Å². The van der Waals surface area contributed by atoms with Crippen LogP contribution in [-0.2, 0) is 4.79 Å². The molecule has 3 rings (SSSR count). The standard InChI is InChI=1S/C16H22N4O/c1-20(2)16-17-9-11(10-18-16)3-8-14(21)19-15(12-4-5-12)13-6-7-13/h3,8-10,12-13,15H,4-7H2,1-2H3,(H,19,21). The lowest BCUT2D eigenvalue weighted by atomic mass is 10.1. The molecule has 5 nitrogen and oxygen atoms in total. The normalized spacial score (nSPS) is 18.2. The molecule has 1 N–H and O–H groups in total. The molecule has 2 saturated carbocycles. The summed E-state index contributed by atoms with van der Waals surface area (Å²) in [4.78, 5) is 22.3. The minimum atomic E-state index is -0.00418. The molecular formula is C16H22N4O. The Morgan fingerprint density at radius 1 is 1.24 bits per heavy atom. The largest absolute Gasteiger partial charge is 0.349 e. The van der Waals surface area contributed by atoms with Gasteiger partial charge in [-0.3, -0.25) is 4.79 Å². The van der Waals surface area contributed by atoms with E-state index < -0.39 is 0 Å². The maximum atomic E-state index is 12.0. The van der Waals surface area contributed by atoms with Crippen LogP contribution in [0, 0.1) is 11.8 Å². The zero-order chi connectivity index (χ0) is 14.8.